The lowest BCUT2D eigenvalue weighted by atomic mass is 10.1. The molecule has 0 unspecified atom stereocenters. The molecule has 7 nitrogen and oxygen atoms in total. The van der Waals surface area contributed by atoms with E-state index in [1.165, 1.54) is 6.07 Å². The van der Waals surface area contributed by atoms with Crippen molar-refractivity contribution in [2.75, 3.05) is 24.2 Å². The Bertz CT molecular complexity index is 1200. The maximum atomic E-state index is 14.7. The molecule has 8 heteroatoms. The SMILES string of the molecule is Nc1c2c(-c3ccccc3F)nc(NC[C@H]3CCCO3)nc2nn1Cc1ccccc1. The highest BCUT2D eigenvalue weighted by Gasteiger charge is 2.21. The van der Waals surface area contributed by atoms with Gasteiger partial charge < -0.3 is 15.8 Å². The molecule has 3 heterocycles. The number of hydrogen-bond donors (Lipinski definition) is 2. The number of aromatic nitrogens is 4. The van der Waals surface area contributed by atoms with Crippen LogP contribution in [0, 0.1) is 5.82 Å². The highest BCUT2D eigenvalue weighted by atomic mass is 19.1. The van der Waals surface area contributed by atoms with Crippen LogP contribution in [0.1, 0.15) is 18.4 Å². The first-order chi connectivity index (χ1) is 15.2. The van der Waals surface area contributed by atoms with Crippen molar-refractivity contribution in [1.82, 2.24) is 19.7 Å². The molecule has 2 aromatic heterocycles. The topological polar surface area (TPSA) is 90.9 Å². The number of rotatable bonds is 6. The van der Waals surface area contributed by atoms with Crippen LogP contribution in [0.25, 0.3) is 22.3 Å². The molecule has 0 bridgehead atoms. The molecule has 0 radical (unpaired) electrons. The van der Waals surface area contributed by atoms with E-state index >= 15 is 0 Å². The summed E-state index contributed by atoms with van der Waals surface area (Å²) in [5, 5.41) is 8.38. The second-order valence-corrected chi connectivity index (χ2v) is 7.62. The van der Waals surface area contributed by atoms with Crippen LogP contribution in [0.2, 0.25) is 0 Å². The van der Waals surface area contributed by atoms with Gasteiger partial charge in [0, 0.05) is 18.7 Å². The zero-order valence-corrected chi connectivity index (χ0v) is 17.0. The summed E-state index contributed by atoms with van der Waals surface area (Å²) in [5.41, 5.74) is 8.73. The average molecular weight is 418 g/mol. The Kier molecular flexibility index (Phi) is 5.21. The molecule has 0 spiro atoms. The summed E-state index contributed by atoms with van der Waals surface area (Å²) < 4.78 is 22.0. The Morgan fingerprint density at radius 3 is 2.68 bits per heavy atom. The summed E-state index contributed by atoms with van der Waals surface area (Å²) in [6.45, 7) is 1.84. The Labute approximate surface area is 179 Å². The third kappa shape index (κ3) is 3.94. The van der Waals surface area contributed by atoms with Crippen molar-refractivity contribution in [2.24, 2.45) is 0 Å². The van der Waals surface area contributed by atoms with E-state index in [-0.39, 0.29) is 11.9 Å². The number of hydrogen-bond acceptors (Lipinski definition) is 6. The van der Waals surface area contributed by atoms with Crippen molar-refractivity contribution in [1.29, 1.82) is 0 Å². The number of ether oxygens (including phenoxy) is 1. The summed E-state index contributed by atoms with van der Waals surface area (Å²) in [5.74, 6) is 0.413. The van der Waals surface area contributed by atoms with E-state index in [4.69, 9.17) is 10.5 Å². The molecule has 0 amide bonds. The molecule has 1 saturated heterocycles. The molecule has 158 valence electrons. The molecule has 3 N–H and O–H groups in total. The summed E-state index contributed by atoms with van der Waals surface area (Å²) in [6.07, 6.45) is 2.17. The quantitative estimate of drug-likeness (QED) is 0.494. The number of nitrogens with one attached hydrogen (secondary N) is 1. The minimum absolute atomic E-state index is 0.122. The molecule has 1 fully saturated rings. The van der Waals surface area contributed by atoms with Gasteiger partial charge in [0.2, 0.25) is 5.95 Å². The van der Waals surface area contributed by atoms with E-state index in [0.717, 1.165) is 25.0 Å². The Hall–Kier alpha value is -3.52. The van der Waals surface area contributed by atoms with Crippen LogP contribution in [0.4, 0.5) is 16.2 Å². The second-order valence-electron chi connectivity index (χ2n) is 7.62. The lowest BCUT2D eigenvalue weighted by molar-refractivity contribution is 0.120. The largest absolute Gasteiger partial charge is 0.383 e. The van der Waals surface area contributed by atoms with Crippen LogP contribution in [0.5, 0.6) is 0 Å². The van der Waals surface area contributed by atoms with E-state index in [1.807, 2.05) is 30.3 Å². The summed E-state index contributed by atoms with van der Waals surface area (Å²) >= 11 is 0. The van der Waals surface area contributed by atoms with Gasteiger partial charge in [-0.05, 0) is 30.5 Å². The summed E-state index contributed by atoms with van der Waals surface area (Å²) in [7, 11) is 0. The predicted octanol–water partition coefficient (Wildman–Crippen LogP) is 3.85. The number of fused-ring (bicyclic) bond motifs is 1. The predicted molar refractivity (Wildman–Crippen MR) is 118 cm³/mol. The molecule has 1 aliphatic heterocycles. The highest BCUT2D eigenvalue weighted by molar-refractivity contribution is 5.99. The zero-order chi connectivity index (χ0) is 21.2. The maximum Gasteiger partial charge on any atom is 0.225 e. The molecular weight excluding hydrogens is 395 g/mol. The van der Waals surface area contributed by atoms with Gasteiger partial charge in [0.1, 0.15) is 11.6 Å². The van der Waals surface area contributed by atoms with Gasteiger partial charge in [-0.2, -0.15) is 4.98 Å². The second kappa shape index (κ2) is 8.31. The maximum absolute atomic E-state index is 14.7. The fraction of sp³-hybridized carbons (Fsp3) is 0.261. The molecule has 2 aromatic carbocycles. The van der Waals surface area contributed by atoms with Gasteiger partial charge in [0.15, 0.2) is 5.65 Å². The molecular formula is C23H23FN6O. The Morgan fingerprint density at radius 2 is 1.90 bits per heavy atom. The highest BCUT2D eigenvalue weighted by Crippen LogP contribution is 2.33. The molecule has 1 atom stereocenters. The summed E-state index contributed by atoms with van der Waals surface area (Å²) in [6, 6.07) is 16.4. The number of anilines is 2. The van der Waals surface area contributed by atoms with Gasteiger partial charge in [0.05, 0.1) is 23.7 Å². The van der Waals surface area contributed by atoms with E-state index < -0.39 is 0 Å². The number of nitrogens with zero attached hydrogens (tertiary/aromatic N) is 4. The molecule has 31 heavy (non-hydrogen) atoms. The molecule has 0 saturated carbocycles. The first kappa shape index (κ1) is 19.4. The number of halogens is 1. The first-order valence-corrected chi connectivity index (χ1v) is 10.4. The van der Waals surface area contributed by atoms with E-state index in [0.29, 0.717) is 47.1 Å². The first-order valence-electron chi connectivity index (χ1n) is 10.4. The average Bonchev–Trinajstić information content (AvgIpc) is 3.41. The smallest absolute Gasteiger partial charge is 0.225 e. The third-order valence-corrected chi connectivity index (χ3v) is 5.46. The molecule has 4 aromatic rings. The lowest BCUT2D eigenvalue weighted by Crippen LogP contribution is -2.19. The van der Waals surface area contributed by atoms with Crippen LogP contribution < -0.4 is 11.1 Å². The van der Waals surface area contributed by atoms with Crippen molar-refractivity contribution in [3.63, 3.8) is 0 Å². The van der Waals surface area contributed by atoms with Gasteiger partial charge in [-0.3, -0.25) is 0 Å². The number of nitrogen functional groups attached to an aromatic ring is 1. The van der Waals surface area contributed by atoms with Crippen LogP contribution in [0.15, 0.2) is 54.6 Å². The van der Waals surface area contributed by atoms with Crippen LogP contribution in [0.3, 0.4) is 0 Å². The van der Waals surface area contributed by atoms with Gasteiger partial charge in [-0.15, -0.1) is 5.10 Å². The van der Waals surface area contributed by atoms with E-state index in [2.05, 4.69) is 20.4 Å². The van der Waals surface area contributed by atoms with Crippen molar-refractivity contribution < 1.29 is 9.13 Å². The molecule has 1 aliphatic rings. The van der Waals surface area contributed by atoms with E-state index in [1.54, 1.807) is 22.9 Å². The van der Waals surface area contributed by atoms with Gasteiger partial charge in [-0.25, -0.2) is 14.1 Å². The minimum Gasteiger partial charge on any atom is -0.383 e. The number of benzene rings is 2. The van der Waals surface area contributed by atoms with E-state index in [9.17, 15) is 4.39 Å². The van der Waals surface area contributed by atoms with Crippen LogP contribution in [-0.4, -0.2) is 39.0 Å². The monoisotopic (exact) mass is 418 g/mol. The summed E-state index contributed by atoms with van der Waals surface area (Å²) in [4.78, 5) is 9.19. The van der Waals surface area contributed by atoms with Crippen LogP contribution >= 0.6 is 0 Å². The molecule has 5 rings (SSSR count). The van der Waals surface area contributed by atoms with Crippen molar-refractivity contribution in [3.05, 3.63) is 66.0 Å². The van der Waals surface area contributed by atoms with Gasteiger partial charge in [0.25, 0.3) is 0 Å². The Morgan fingerprint density at radius 1 is 1.10 bits per heavy atom. The fourth-order valence-corrected chi connectivity index (χ4v) is 3.87. The lowest BCUT2D eigenvalue weighted by Gasteiger charge is -2.12. The molecule has 0 aliphatic carbocycles. The van der Waals surface area contributed by atoms with Crippen molar-refractivity contribution >= 4 is 22.8 Å². The number of nitrogens with two attached hydrogens (primary N) is 1. The van der Waals surface area contributed by atoms with Crippen LogP contribution in [-0.2, 0) is 11.3 Å². The van der Waals surface area contributed by atoms with Crippen molar-refractivity contribution in [3.8, 4) is 11.3 Å². The standard InChI is InChI=1S/C23H23FN6O/c24-18-11-5-4-10-17(18)20-19-21(25)30(14-15-7-2-1-3-8-15)29-22(19)28-23(27-20)26-13-16-9-6-12-31-16/h1-5,7-8,10-11,16H,6,9,12-14,25H2,(H,26,28,29)/t16-/m1/s1. The van der Waals surface area contributed by atoms with Crippen molar-refractivity contribution in [2.45, 2.75) is 25.5 Å². The normalized spacial score (nSPS) is 16.1. The zero-order valence-electron chi connectivity index (χ0n) is 17.0. The van der Waals surface area contributed by atoms with Gasteiger partial charge in [-0.1, -0.05) is 42.5 Å². The fourth-order valence-electron chi connectivity index (χ4n) is 3.87. The minimum atomic E-state index is -0.372. The Balaban J connectivity index is 1.59. The third-order valence-electron chi connectivity index (χ3n) is 5.46. The van der Waals surface area contributed by atoms with Gasteiger partial charge >= 0.3 is 0 Å².